The number of rotatable bonds is 7. The van der Waals surface area contributed by atoms with Crippen LogP contribution in [0, 0.1) is 0 Å². The van der Waals surface area contributed by atoms with Crippen molar-refractivity contribution in [3.8, 4) is 34.0 Å². The highest BCUT2D eigenvalue weighted by molar-refractivity contribution is 5.67. The summed E-state index contributed by atoms with van der Waals surface area (Å²) in [6.45, 7) is 1.16. The molecule has 0 aliphatic rings. The van der Waals surface area contributed by atoms with Crippen molar-refractivity contribution in [3.05, 3.63) is 66.9 Å². The fraction of sp³-hybridized carbons (Fsp3) is 0.182. The Kier molecular flexibility index (Phi) is 5.21. The lowest BCUT2D eigenvalue weighted by Crippen LogP contribution is -2.06. The Morgan fingerprint density at radius 2 is 1.82 bits per heavy atom. The Hall–Kier alpha value is -3.38. The smallest absolute Gasteiger partial charge is 0.161 e. The van der Waals surface area contributed by atoms with Crippen LogP contribution in [0.1, 0.15) is 6.42 Å². The second-order valence-corrected chi connectivity index (χ2v) is 6.35. The van der Waals surface area contributed by atoms with Gasteiger partial charge in [-0.1, -0.05) is 30.3 Å². The van der Waals surface area contributed by atoms with Crippen LogP contribution in [-0.4, -0.2) is 34.9 Å². The predicted octanol–water partition coefficient (Wildman–Crippen LogP) is 3.80. The van der Waals surface area contributed by atoms with Gasteiger partial charge in [0, 0.05) is 11.1 Å². The van der Waals surface area contributed by atoms with Crippen molar-refractivity contribution in [3.63, 3.8) is 0 Å². The fourth-order valence-electron chi connectivity index (χ4n) is 3.04. The highest BCUT2D eigenvalue weighted by Gasteiger charge is 2.11. The molecule has 0 spiro atoms. The third kappa shape index (κ3) is 3.54. The van der Waals surface area contributed by atoms with E-state index in [2.05, 4.69) is 4.98 Å². The minimum Gasteiger partial charge on any atom is -0.493 e. The van der Waals surface area contributed by atoms with Crippen LogP contribution in [0.2, 0.25) is 0 Å². The third-order valence-electron chi connectivity index (χ3n) is 4.50. The van der Waals surface area contributed by atoms with Crippen LogP contribution in [0.3, 0.4) is 0 Å². The quantitative estimate of drug-likeness (QED) is 0.498. The maximum atomic E-state index is 5.75. The zero-order valence-electron chi connectivity index (χ0n) is 15.7. The van der Waals surface area contributed by atoms with Gasteiger partial charge in [0.25, 0.3) is 0 Å². The van der Waals surface area contributed by atoms with Crippen LogP contribution in [0.5, 0.6) is 11.5 Å². The number of imidazole rings is 1. The molecule has 0 unspecified atom stereocenters. The van der Waals surface area contributed by atoms with Crippen molar-refractivity contribution < 1.29 is 9.47 Å². The highest BCUT2D eigenvalue weighted by Crippen LogP contribution is 2.32. The number of methoxy groups -OCH3 is 1. The summed E-state index contributed by atoms with van der Waals surface area (Å²) in [6, 6.07) is 19.9. The molecule has 0 radical (unpaired) electrons. The van der Waals surface area contributed by atoms with Gasteiger partial charge in [-0.05, 0) is 43.3 Å². The molecule has 6 heteroatoms. The summed E-state index contributed by atoms with van der Waals surface area (Å²) in [5.74, 6) is 1.37. The minimum absolute atomic E-state index is 0.561. The second-order valence-electron chi connectivity index (χ2n) is 6.35. The first-order valence-corrected chi connectivity index (χ1v) is 9.21. The average Bonchev–Trinajstić information content (AvgIpc) is 3.18. The van der Waals surface area contributed by atoms with Crippen LogP contribution in [0.4, 0.5) is 0 Å². The van der Waals surface area contributed by atoms with E-state index in [-0.39, 0.29) is 0 Å². The topological polar surface area (TPSA) is 74.7 Å². The van der Waals surface area contributed by atoms with Gasteiger partial charge in [0.15, 0.2) is 17.1 Å². The van der Waals surface area contributed by atoms with Gasteiger partial charge in [0.2, 0.25) is 0 Å². The molecule has 0 atom stereocenters. The molecular weight excluding hydrogens is 352 g/mol. The molecule has 2 aromatic heterocycles. The van der Waals surface area contributed by atoms with Gasteiger partial charge >= 0.3 is 0 Å². The van der Waals surface area contributed by atoms with E-state index in [4.69, 9.17) is 20.3 Å². The van der Waals surface area contributed by atoms with Crippen molar-refractivity contribution in [2.75, 3.05) is 20.3 Å². The zero-order chi connectivity index (χ0) is 19.3. The minimum atomic E-state index is 0.561. The summed E-state index contributed by atoms with van der Waals surface area (Å²) in [5.41, 5.74) is 10.1. The van der Waals surface area contributed by atoms with Gasteiger partial charge in [0.05, 0.1) is 31.3 Å². The van der Waals surface area contributed by atoms with Gasteiger partial charge in [-0.2, -0.15) is 5.10 Å². The van der Waals surface area contributed by atoms with E-state index < -0.39 is 0 Å². The molecule has 0 aliphatic heterocycles. The molecule has 0 saturated carbocycles. The summed E-state index contributed by atoms with van der Waals surface area (Å²) >= 11 is 0. The lowest BCUT2D eigenvalue weighted by atomic mass is 10.1. The molecule has 2 heterocycles. The predicted molar refractivity (Wildman–Crippen MR) is 110 cm³/mol. The number of nitrogens with two attached hydrogens (primary N) is 1. The average molecular weight is 374 g/mol. The highest BCUT2D eigenvalue weighted by atomic mass is 16.5. The van der Waals surface area contributed by atoms with E-state index in [1.165, 1.54) is 0 Å². The van der Waals surface area contributed by atoms with Crippen LogP contribution in [-0.2, 0) is 0 Å². The van der Waals surface area contributed by atoms with Gasteiger partial charge < -0.3 is 15.2 Å². The number of nitrogens with zero attached hydrogens (tertiary/aromatic N) is 3. The molecule has 142 valence electrons. The lowest BCUT2D eigenvalue weighted by Gasteiger charge is -2.12. The van der Waals surface area contributed by atoms with Gasteiger partial charge in [0.1, 0.15) is 0 Å². The van der Waals surface area contributed by atoms with Gasteiger partial charge in [-0.3, -0.25) is 0 Å². The Balaban J connectivity index is 1.71. The lowest BCUT2D eigenvalue weighted by molar-refractivity contribution is 0.291. The van der Waals surface area contributed by atoms with Gasteiger partial charge in [-0.25, -0.2) is 9.50 Å². The molecule has 28 heavy (non-hydrogen) atoms. The number of ether oxygens (including phenoxy) is 2. The molecular formula is C22H22N4O2. The van der Waals surface area contributed by atoms with Crippen LogP contribution >= 0.6 is 0 Å². The molecule has 4 rings (SSSR count). The standard InChI is InChI=1S/C22H22N4O2/c1-27-21-14-17(8-10-20(21)28-13-5-12-23)18-9-11-22-24-15-19(26(22)25-18)16-6-3-2-4-7-16/h2-4,6-11,14-15H,5,12-13,23H2,1H3. The van der Waals surface area contributed by atoms with Crippen LogP contribution in [0.15, 0.2) is 66.9 Å². The zero-order valence-corrected chi connectivity index (χ0v) is 15.7. The van der Waals surface area contributed by atoms with E-state index in [0.29, 0.717) is 24.7 Å². The molecule has 6 nitrogen and oxygen atoms in total. The molecule has 0 amide bonds. The van der Waals surface area contributed by atoms with E-state index in [1.54, 1.807) is 7.11 Å². The number of hydrogen-bond donors (Lipinski definition) is 1. The maximum absolute atomic E-state index is 5.75. The summed E-state index contributed by atoms with van der Waals surface area (Å²) < 4.78 is 13.1. The first-order valence-electron chi connectivity index (χ1n) is 9.21. The van der Waals surface area contributed by atoms with Crippen molar-refractivity contribution in [2.24, 2.45) is 5.73 Å². The SMILES string of the molecule is COc1cc(-c2ccc3ncc(-c4ccccc4)n3n2)ccc1OCCCN. The molecule has 4 aromatic rings. The molecule has 0 saturated heterocycles. The van der Waals surface area contributed by atoms with Crippen LogP contribution < -0.4 is 15.2 Å². The molecule has 2 aromatic carbocycles. The van der Waals surface area contributed by atoms with Crippen molar-refractivity contribution in [1.82, 2.24) is 14.6 Å². The fourth-order valence-corrected chi connectivity index (χ4v) is 3.04. The summed E-state index contributed by atoms with van der Waals surface area (Å²) in [5, 5.41) is 4.80. The van der Waals surface area contributed by atoms with Crippen LogP contribution in [0.25, 0.3) is 28.2 Å². The van der Waals surface area contributed by atoms with E-state index in [0.717, 1.165) is 34.6 Å². The first kappa shape index (κ1) is 18.0. The molecule has 2 N–H and O–H groups in total. The van der Waals surface area contributed by atoms with E-state index in [9.17, 15) is 0 Å². The van der Waals surface area contributed by atoms with Crippen molar-refractivity contribution >= 4 is 5.65 Å². The number of aromatic nitrogens is 3. The number of benzene rings is 2. The number of fused-ring (bicyclic) bond motifs is 1. The van der Waals surface area contributed by atoms with E-state index >= 15 is 0 Å². The Labute approximate surface area is 163 Å². The Morgan fingerprint density at radius 3 is 2.61 bits per heavy atom. The molecule has 0 aliphatic carbocycles. The monoisotopic (exact) mass is 374 g/mol. The first-order chi connectivity index (χ1) is 13.8. The largest absolute Gasteiger partial charge is 0.493 e. The van der Waals surface area contributed by atoms with Gasteiger partial charge in [-0.15, -0.1) is 0 Å². The summed E-state index contributed by atoms with van der Waals surface area (Å²) in [4.78, 5) is 4.47. The molecule has 0 fully saturated rings. The Bertz CT molecular complexity index is 1080. The maximum Gasteiger partial charge on any atom is 0.161 e. The Morgan fingerprint density at radius 1 is 0.964 bits per heavy atom. The third-order valence-corrected chi connectivity index (χ3v) is 4.50. The van der Waals surface area contributed by atoms with Crippen molar-refractivity contribution in [1.29, 1.82) is 0 Å². The summed E-state index contributed by atoms with van der Waals surface area (Å²) in [6.07, 6.45) is 2.64. The number of hydrogen-bond acceptors (Lipinski definition) is 5. The van der Waals surface area contributed by atoms with Crippen molar-refractivity contribution in [2.45, 2.75) is 6.42 Å². The second kappa shape index (κ2) is 8.10. The molecule has 0 bridgehead atoms. The normalized spacial score (nSPS) is 10.9. The van der Waals surface area contributed by atoms with E-state index in [1.807, 2.05) is 71.4 Å². The summed E-state index contributed by atoms with van der Waals surface area (Å²) in [7, 11) is 1.63.